The maximum Gasteiger partial charge on any atom is 0.135 e. The predicted molar refractivity (Wildman–Crippen MR) is 267 cm³/mol. The summed E-state index contributed by atoms with van der Waals surface area (Å²) in [5.74, 6) is 0.786. The molecule has 7 aromatic carbocycles. The molecule has 1 aliphatic carbocycles. The van der Waals surface area contributed by atoms with E-state index in [9.17, 15) is 0 Å². The molecular weight excluding hydrogens is 741 g/mol. The minimum Gasteiger partial charge on any atom is -0.456 e. The Balaban J connectivity index is 0.00000125. The first kappa shape index (κ1) is 41.2. The fourth-order valence-corrected chi connectivity index (χ4v) is 9.47. The summed E-state index contributed by atoms with van der Waals surface area (Å²) in [6.45, 7) is 25.5. The monoisotopic (exact) mass is 798 g/mol. The number of benzene rings is 7. The third-order valence-electron chi connectivity index (χ3n) is 12.3. The van der Waals surface area contributed by atoms with Crippen molar-refractivity contribution in [2.24, 2.45) is 0 Å². The molecule has 0 radical (unpaired) electrons. The maximum atomic E-state index is 6.24. The Morgan fingerprint density at radius 2 is 1.25 bits per heavy atom. The molecule has 0 saturated heterocycles. The highest BCUT2D eigenvalue weighted by Gasteiger charge is 2.38. The Morgan fingerprint density at radius 1 is 0.639 bits per heavy atom. The molecule has 0 atom stereocenters. The van der Waals surface area contributed by atoms with E-state index in [-0.39, 0.29) is 5.41 Å². The first-order valence-electron chi connectivity index (χ1n) is 22.1. The number of anilines is 3. The molecule has 61 heavy (non-hydrogen) atoms. The SMILES string of the molecule is C=Cc1oc2ccc(N(c3ccc(CC)cc3)c3ccc4c(c3)C(C)(C)c3cc(-n5c6ccc(C)cc6c6cc(C)ccc65)c5ccccc5c3-4)cc2c1/C=C\C.CC.CC. The average Bonchev–Trinajstić information content (AvgIpc) is 3.88. The summed E-state index contributed by atoms with van der Waals surface area (Å²) in [6, 6.07) is 47.9. The van der Waals surface area contributed by atoms with Crippen LogP contribution in [0.4, 0.5) is 17.1 Å². The van der Waals surface area contributed by atoms with Crippen LogP contribution in [-0.2, 0) is 11.8 Å². The zero-order valence-electron chi connectivity index (χ0n) is 37.6. The Bertz CT molecular complexity index is 3070. The lowest BCUT2D eigenvalue weighted by atomic mass is 9.81. The third-order valence-corrected chi connectivity index (χ3v) is 12.3. The largest absolute Gasteiger partial charge is 0.456 e. The molecule has 0 amide bonds. The molecule has 0 unspecified atom stereocenters. The van der Waals surface area contributed by atoms with E-state index in [0.29, 0.717) is 0 Å². The van der Waals surface area contributed by atoms with Crippen molar-refractivity contribution in [2.75, 3.05) is 4.90 Å². The molecular formula is C58H58N2O. The number of hydrogen-bond acceptors (Lipinski definition) is 2. The topological polar surface area (TPSA) is 21.3 Å². The quantitative estimate of drug-likeness (QED) is 0.160. The summed E-state index contributed by atoms with van der Waals surface area (Å²) in [5.41, 5.74) is 17.8. The van der Waals surface area contributed by atoms with E-state index >= 15 is 0 Å². The van der Waals surface area contributed by atoms with E-state index in [1.54, 1.807) is 6.08 Å². The van der Waals surface area contributed by atoms with Gasteiger partial charge in [0.25, 0.3) is 0 Å². The van der Waals surface area contributed by atoms with Gasteiger partial charge in [0.05, 0.1) is 16.7 Å². The predicted octanol–water partition coefficient (Wildman–Crippen LogP) is 17.4. The fraction of sp³-hybridized carbons (Fsp3) is 0.207. The van der Waals surface area contributed by atoms with Crippen LogP contribution >= 0.6 is 0 Å². The summed E-state index contributed by atoms with van der Waals surface area (Å²) in [7, 11) is 0. The molecule has 9 aromatic rings. The fourth-order valence-electron chi connectivity index (χ4n) is 9.47. The summed E-state index contributed by atoms with van der Waals surface area (Å²) in [4.78, 5) is 2.39. The second-order valence-electron chi connectivity index (χ2n) is 16.2. The smallest absolute Gasteiger partial charge is 0.135 e. The van der Waals surface area contributed by atoms with Gasteiger partial charge in [-0.15, -0.1) is 0 Å². The van der Waals surface area contributed by atoms with Crippen LogP contribution in [0, 0.1) is 13.8 Å². The molecule has 10 rings (SSSR count). The van der Waals surface area contributed by atoms with Crippen LogP contribution in [0.1, 0.15) is 94.5 Å². The van der Waals surface area contributed by atoms with Crippen molar-refractivity contribution in [2.45, 2.75) is 81.1 Å². The lowest BCUT2D eigenvalue weighted by Crippen LogP contribution is -2.17. The van der Waals surface area contributed by atoms with Crippen molar-refractivity contribution in [1.29, 1.82) is 0 Å². The van der Waals surface area contributed by atoms with Gasteiger partial charge >= 0.3 is 0 Å². The second kappa shape index (κ2) is 16.5. The molecule has 3 heteroatoms. The normalized spacial score (nSPS) is 12.6. The number of allylic oxidation sites excluding steroid dienone is 1. The summed E-state index contributed by atoms with van der Waals surface area (Å²) < 4.78 is 8.74. The van der Waals surface area contributed by atoms with E-state index in [4.69, 9.17) is 4.42 Å². The molecule has 2 aromatic heterocycles. The van der Waals surface area contributed by atoms with Crippen LogP contribution in [0.2, 0.25) is 0 Å². The van der Waals surface area contributed by atoms with Crippen LogP contribution in [0.5, 0.6) is 0 Å². The molecule has 0 spiro atoms. The van der Waals surface area contributed by atoms with E-state index < -0.39 is 0 Å². The zero-order valence-corrected chi connectivity index (χ0v) is 37.6. The van der Waals surface area contributed by atoms with Gasteiger partial charge in [0.2, 0.25) is 0 Å². The number of nitrogens with zero attached hydrogens (tertiary/aromatic N) is 2. The van der Waals surface area contributed by atoms with Gasteiger partial charge in [-0.3, -0.25) is 0 Å². The highest BCUT2D eigenvalue weighted by molar-refractivity contribution is 6.13. The Kier molecular flexibility index (Phi) is 11.1. The minimum absolute atomic E-state index is 0.268. The van der Waals surface area contributed by atoms with Gasteiger partial charge in [0, 0.05) is 49.6 Å². The molecule has 1 aliphatic rings. The van der Waals surface area contributed by atoms with Crippen LogP contribution in [-0.4, -0.2) is 4.57 Å². The molecule has 0 fully saturated rings. The minimum atomic E-state index is -0.268. The van der Waals surface area contributed by atoms with Crippen LogP contribution in [0.25, 0.3) is 72.5 Å². The van der Waals surface area contributed by atoms with Gasteiger partial charge in [0.1, 0.15) is 11.3 Å². The van der Waals surface area contributed by atoms with Crippen molar-refractivity contribution in [3.63, 3.8) is 0 Å². The first-order chi connectivity index (χ1) is 29.7. The molecule has 0 N–H and O–H groups in total. The molecule has 2 heterocycles. The van der Waals surface area contributed by atoms with Gasteiger partial charge in [-0.1, -0.05) is 133 Å². The summed E-state index contributed by atoms with van der Waals surface area (Å²) >= 11 is 0. The summed E-state index contributed by atoms with van der Waals surface area (Å²) in [5, 5.41) is 6.20. The Hall–Kier alpha value is -6.58. The number of hydrogen-bond donors (Lipinski definition) is 0. The van der Waals surface area contributed by atoms with Gasteiger partial charge < -0.3 is 13.9 Å². The molecule has 0 bridgehead atoms. The molecule has 3 nitrogen and oxygen atoms in total. The standard InChI is InChI=1S/C54H46N2O.2C2H6/c1-8-13-40-45-30-37(23-27-52(45)57-51(40)10-3)55(36-20-18-35(9-2)19-21-36)38-22-24-42-46(31-38)54(6,7)47-32-50(39-14-11-12-15-41(39)53(42)47)56-48-25-16-33(4)28-43(48)44-29-34(5)17-26-49(44)56;2*1-2/h8,10-32H,3,9H2,1-2,4-7H3;2*1-2H3/b13-8-;;. The first-order valence-corrected chi connectivity index (χ1v) is 22.1. The lowest BCUT2D eigenvalue weighted by Gasteiger charge is -2.28. The van der Waals surface area contributed by atoms with Gasteiger partial charge in [-0.2, -0.15) is 0 Å². The van der Waals surface area contributed by atoms with Crippen LogP contribution in [0.3, 0.4) is 0 Å². The van der Waals surface area contributed by atoms with Crippen molar-refractivity contribution in [3.8, 4) is 16.8 Å². The molecule has 306 valence electrons. The number of aryl methyl sites for hydroxylation is 3. The number of fused-ring (bicyclic) bond motifs is 9. The maximum absolute atomic E-state index is 6.24. The van der Waals surface area contributed by atoms with Gasteiger partial charge in [-0.05, 0) is 139 Å². The van der Waals surface area contributed by atoms with Gasteiger partial charge in [0.15, 0.2) is 0 Å². The number of furan rings is 1. The number of aromatic nitrogens is 1. The highest BCUT2D eigenvalue weighted by atomic mass is 16.3. The van der Waals surface area contributed by atoms with Gasteiger partial charge in [-0.25, -0.2) is 0 Å². The van der Waals surface area contributed by atoms with E-state index in [1.165, 1.54) is 77.2 Å². The van der Waals surface area contributed by atoms with Crippen molar-refractivity contribution in [1.82, 2.24) is 4.57 Å². The molecule has 0 aliphatic heterocycles. The van der Waals surface area contributed by atoms with E-state index in [0.717, 1.165) is 45.8 Å². The van der Waals surface area contributed by atoms with Crippen LogP contribution < -0.4 is 4.90 Å². The Morgan fingerprint density at radius 3 is 1.87 bits per heavy atom. The van der Waals surface area contributed by atoms with Crippen molar-refractivity contribution < 1.29 is 4.42 Å². The number of rotatable bonds is 7. The van der Waals surface area contributed by atoms with Crippen LogP contribution in [0.15, 0.2) is 144 Å². The second-order valence-corrected chi connectivity index (χ2v) is 16.2. The average molecular weight is 799 g/mol. The highest BCUT2D eigenvalue weighted by Crippen LogP contribution is 2.54. The third kappa shape index (κ3) is 6.68. The van der Waals surface area contributed by atoms with Crippen molar-refractivity contribution in [3.05, 3.63) is 179 Å². The Labute approximate surface area is 362 Å². The molecule has 0 saturated carbocycles. The zero-order chi connectivity index (χ0) is 43.2. The van der Waals surface area contributed by atoms with E-state index in [2.05, 4.69) is 190 Å². The lowest BCUT2D eigenvalue weighted by molar-refractivity contribution is 0.603. The summed E-state index contributed by atoms with van der Waals surface area (Å²) in [6.07, 6.45) is 6.97. The van der Waals surface area contributed by atoms with Crippen molar-refractivity contribution >= 4 is 72.8 Å². The van der Waals surface area contributed by atoms with E-state index in [1.807, 2.05) is 34.6 Å².